The Labute approximate surface area is 160 Å². The molecule has 0 saturated heterocycles. The van der Waals surface area contributed by atoms with Crippen LogP contribution in [0.15, 0.2) is 35.5 Å². The van der Waals surface area contributed by atoms with Crippen LogP contribution in [0.4, 0.5) is 5.69 Å². The quantitative estimate of drug-likeness (QED) is 0.427. The molecule has 0 amide bonds. The molecule has 5 nitrogen and oxygen atoms in total. The molecular weight excluding hydrogens is 413 g/mol. The number of rotatable bonds is 4. The van der Waals surface area contributed by atoms with Crippen molar-refractivity contribution < 1.29 is 0 Å². The molecule has 1 saturated carbocycles. The molecule has 1 aromatic carbocycles. The van der Waals surface area contributed by atoms with Gasteiger partial charge in [-0.15, -0.1) is 24.0 Å². The maximum atomic E-state index is 5.97. The summed E-state index contributed by atoms with van der Waals surface area (Å²) < 4.78 is 2.09. The van der Waals surface area contributed by atoms with E-state index in [1.54, 1.807) is 0 Å². The van der Waals surface area contributed by atoms with Crippen molar-refractivity contribution in [1.29, 1.82) is 0 Å². The van der Waals surface area contributed by atoms with Crippen molar-refractivity contribution in [2.24, 2.45) is 10.7 Å². The second kappa shape index (κ2) is 8.50. The predicted molar refractivity (Wildman–Crippen MR) is 110 cm³/mol. The summed E-state index contributed by atoms with van der Waals surface area (Å²) >= 11 is 0. The smallest absolute Gasteiger partial charge is 0.193 e. The van der Waals surface area contributed by atoms with E-state index in [1.807, 2.05) is 12.1 Å². The maximum absolute atomic E-state index is 5.97. The Kier molecular flexibility index (Phi) is 6.65. The summed E-state index contributed by atoms with van der Waals surface area (Å²) in [5.74, 6) is 0.420. The lowest BCUT2D eigenvalue weighted by molar-refractivity contribution is 0.463. The van der Waals surface area contributed by atoms with E-state index < -0.39 is 0 Å². The summed E-state index contributed by atoms with van der Waals surface area (Å²) in [6.07, 6.45) is 7.16. The third kappa shape index (κ3) is 4.72. The molecule has 0 atom stereocenters. The second-order valence-corrected chi connectivity index (χ2v) is 6.35. The third-order valence-corrected chi connectivity index (χ3v) is 4.55. The van der Waals surface area contributed by atoms with Crippen LogP contribution in [0.25, 0.3) is 0 Å². The van der Waals surface area contributed by atoms with Crippen molar-refractivity contribution in [3.8, 4) is 0 Å². The summed E-state index contributed by atoms with van der Waals surface area (Å²) in [6, 6.07) is 8.77. The number of aromatic nitrogens is 2. The van der Waals surface area contributed by atoms with Crippen LogP contribution in [0.5, 0.6) is 0 Å². The Bertz CT molecular complexity index is 701. The fraction of sp³-hybridized carbons (Fsp3) is 0.444. The van der Waals surface area contributed by atoms with Crippen LogP contribution in [0, 0.1) is 13.8 Å². The highest BCUT2D eigenvalue weighted by molar-refractivity contribution is 14.0. The fourth-order valence-electron chi connectivity index (χ4n) is 3.01. The van der Waals surface area contributed by atoms with Crippen LogP contribution in [-0.4, -0.2) is 15.7 Å². The number of nitrogens with one attached hydrogen (secondary N) is 1. The molecule has 24 heavy (non-hydrogen) atoms. The average molecular weight is 439 g/mol. The van der Waals surface area contributed by atoms with Crippen LogP contribution in [-0.2, 0) is 6.54 Å². The number of benzene rings is 1. The topological polar surface area (TPSA) is 68.2 Å². The number of aryl methyl sites for hydroxylation is 2. The molecule has 0 radical (unpaired) electrons. The molecule has 1 heterocycles. The number of nitrogens with zero attached hydrogens (tertiary/aromatic N) is 3. The van der Waals surface area contributed by atoms with Gasteiger partial charge in [-0.05, 0) is 56.0 Å². The van der Waals surface area contributed by atoms with Gasteiger partial charge in [0.15, 0.2) is 5.96 Å². The van der Waals surface area contributed by atoms with Crippen LogP contribution in [0.2, 0.25) is 0 Å². The van der Waals surface area contributed by atoms with E-state index in [9.17, 15) is 0 Å². The van der Waals surface area contributed by atoms with Crippen molar-refractivity contribution in [2.75, 3.05) is 5.32 Å². The zero-order valence-electron chi connectivity index (χ0n) is 14.3. The van der Waals surface area contributed by atoms with Crippen molar-refractivity contribution in [3.63, 3.8) is 0 Å². The first-order valence-electron chi connectivity index (χ1n) is 8.30. The van der Waals surface area contributed by atoms with E-state index >= 15 is 0 Å². The molecule has 1 fully saturated rings. The molecule has 130 valence electrons. The fourth-order valence-corrected chi connectivity index (χ4v) is 3.01. The second-order valence-electron chi connectivity index (χ2n) is 6.35. The number of halogens is 1. The minimum atomic E-state index is 0. The van der Waals surface area contributed by atoms with Gasteiger partial charge in [0.05, 0.1) is 18.3 Å². The minimum Gasteiger partial charge on any atom is -0.370 e. The van der Waals surface area contributed by atoms with Gasteiger partial charge in [0.1, 0.15) is 0 Å². The lowest BCUT2D eigenvalue weighted by Gasteiger charge is -2.09. The highest BCUT2D eigenvalue weighted by atomic mass is 127. The van der Waals surface area contributed by atoms with E-state index in [4.69, 9.17) is 5.73 Å². The molecule has 3 N–H and O–H groups in total. The molecule has 0 spiro atoms. The number of nitrogens with two attached hydrogens (primary N) is 1. The van der Waals surface area contributed by atoms with E-state index in [2.05, 4.69) is 52.3 Å². The summed E-state index contributed by atoms with van der Waals surface area (Å²) in [6.45, 7) is 4.68. The van der Waals surface area contributed by atoms with Gasteiger partial charge in [0.2, 0.25) is 0 Å². The molecule has 0 aliphatic heterocycles. The lowest BCUT2D eigenvalue weighted by Crippen LogP contribution is -2.22. The van der Waals surface area contributed by atoms with Crippen molar-refractivity contribution in [3.05, 3.63) is 47.3 Å². The summed E-state index contributed by atoms with van der Waals surface area (Å²) in [5.41, 5.74) is 10.4. The number of anilines is 1. The first-order valence-corrected chi connectivity index (χ1v) is 8.30. The Hall–Kier alpha value is -1.57. The van der Waals surface area contributed by atoms with E-state index in [-0.39, 0.29) is 24.0 Å². The Morgan fingerprint density at radius 3 is 2.71 bits per heavy atom. The first kappa shape index (κ1) is 18.8. The molecule has 0 bridgehead atoms. The van der Waals surface area contributed by atoms with Gasteiger partial charge in [-0.25, -0.2) is 4.99 Å². The molecule has 0 unspecified atom stereocenters. The summed E-state index contributed by atoms with van der Waals surface area (Å²) in [5, 5.41) is 7.76. The predicted octanol–water partition coefficient (Wildman–Crippen LogP) is 4.16. The van der Waals surface area contributed by atoms with Gasteiger partial charge in [-0.1, -0.05) is 18.9 Å². The molecule has 3 rings (SSSR count). The zero-order chi connectivity index (χ0) is 16.2. The van der Waals surface area contributed by atoms with Crippen molar-refractivity contribution in [1.82, 2.24) is 9.78 Å². The van der Waals surface area contributed by atoms with Gasteiger partial charge in [0, 0.05) is 11.9 Å². The largest absolute Gasteiger partial charge is 0.370 e. The first-order chi connectivity index (χ1) is 11.1. The van der Waals surface area contributed by atoms with Crippen LogP contribution in [0.1, 0.15) is 48.5 Å². The van der Waals surface area contributed by atoms with Gasteiger partial charge in [0.25, 0.3) is 0 Å². The average Bonchev–Trinajstić information content (AvgIpc) is 3.19. The van der Waals surface area contributed by atoms with E-state index in [1.165, 1.54) is 36.8 Å². The van der Waals surface area contributed by atoms with Gasteiger partial charge >= 0.3 is 0 Å². The number of aliphatic imine (C=N–C) groups is 1. The standard InChI is InChI=1S/C18H25N5.HI/c1-13-7-8-15(11-14(13)2)21-18(19)20-12-16-9-10-23(22-16)17-5-3-4-6-17;/h7-11,17H,3-6,12H2,1-2H3,(H3,19,20,21);1H. The Morgan fingerprint density at radius 1 is 1.25 bits per heavy atom. The number of guanidine groups is 1. The van der Waals surface area contributed by atoms with E-state index in [0.29, 0.717) is 18.5 Å². The zero-order valence-corrected chi connectivity index (χ0v) is 16.7. The Morgan fingerprint density at radius 2 is 2.00 bits per heavy atom. The van der Waals surface area contributed by atoms with Gasteiger partial charge in [-0.3, -0.25) is 4.68 Å². The van der Waals surface area contributed by atoms with E-state index in [0.717, 1.165) is 11.4 Å². The number of hydrogen-bond acceptors (Lipinski definition) is 2. The molecule has 6 heteroatoms. The minimum absolute atomic E-state index is 0. The van der Waals surface area contributed by atoms with Gasteiger partial charge < -0.3 is 11.1 Å². The highest BCUT2D eigenvalue weighted by Crippen LogP contribution is 2.28. The van der Waals surface area contributed by atoms with Crippen LogP contribution in [0.3, 0.4) is 0 Å². The van der Waals surface area contributed by atoms with Crippen LogP contribution >= 0.6 is 24.0 Å². The highest BCUT2D eigenvalue weighted by Gasteiger charge is 2.17. The molecule has 1 aliphatic carbocycles. The monoisotopic (exact) mass is 439 g/mol. The Balaban J connectivity index is 0.00000208. The summed E-state index contributed by atoms with van der Waals surface area (Å²) in [7, 11) is 0. The van der Waals surface area contributed by atoms with Crippen molar-refractivity contribution in [2.45, 2.75) is 52.1 Å². The lowest BCUT2D eigenvalue weighted by atomic mass is 10.1. The van der Waals surface area contributed by atoms with Crippen LogP contribution < -0.4 is 11.1 Å². The van der Waals surface area contributed by atoms with Crippen molar-refractivity contribution >= 4 is 35.6 Å². The molecule has 2 aromatic rings. The maximum Gasteiger partial charge on any atom is 0.193 e. The SMILES string of the molecule is Cc1ccc(NC(N)=NCc2ccn(C3CCCC3)n2)cc1C.I. The number of hydrogen-bond donors (Lipinski definition) is 2. The molecule has 1 aliphatic rings. The summed E-state index contributed by atoms with van der Waals surface area (Å²) in [4.78, 5) is 4.39. The normalized spacial score (nSPS) is 15.3. The molecule has 1 aromatic heterocycles. The van der Waals surface area contributed by atoms with Gasteiger partial charge in [-0.2, -0.15) is 5.10 Å². The molecular formula is C18H26IN5. The third-order valence-electron chi connectivity index (χ3n) is 4.55.